The Hall–Kier alpha value is -2.82. The number of rotatable bonds is 8. The minimum atomic E-state index is -0.794. The number of nitrogens with one attached hydrogen (secondary N) is 1. The predicted octanol–water partition coefficient (Wildman–Crippen LogP) is 3.59. The first-order valence-corrected chi connectivity index (χ1v) is 8.68. The number of carboxylic acid groups (broad SMARTS) is 1. The second-order valence-electron chi connectivity index (χ2n) is 6.34. The van der Waals surface area contributed by atoms with E-state index in [-0.39, 0.29) is 5.91 Å². The van der Waals surface area contributed by atoms with Crippen molar-refractivity contribution in [3.8, 4) is 5.75 Å². The number of aliphatic carboxylic acids is 1. The van der Waals surface area contributed by atoms with Crippen LogP contribution in [-0.4, -0.2) is 24.1 Å². The summed E-state index contributed by atoms with van der Waals surface area (Å²) in [6.45, 7) is 4.15. The molecule has 0 aromatic heterocycles. The number of carbonyl (C=O) groups is 2. The highest BCUT2D eigenvalue weighted by Crippen LogP contribution is 2.22. The number of benzene rings is 2. The number of carboxylic acids is 1. The van der Waals surface area contributed by atoms with Gasteiger partial charge >= 0.3 is 5.97 Å². The van der Waals surface area contributed by atoms with Crippen molar-refractivity contribution in [3.63, 3.8) is 0 Å². The maximum absolute atomic E-state index is 12.3. The van der Waals surface area contributed by atoms with Gasteiger partial charge in [0.25, 0.3) is 5.91 Å². The van der Waals surface area contributed by atoms with Crippen molar-refractivity contribution in [2.24, 2.45) is 5.92 Å². The number of carbonyl (C=O) groups excluding carboxylic acids is 1. The van der Waals surface area contributed by atoms with Crippen molar-refractivity contribution in [3.05, 3.63) is 64.7 Å². The minimum absolute atomic E-state index is 0.158. The van der Waals surface area contributed by atoms with Gasteiger partial charge in [-0.1, -0.05) is 36.8 Å². The Bertz CT molecular complexity index is 768. The fourth-order valence-electron chi connectivity index (χ4n) is 2.77. The fourth-order valence-corrected chi connectivity index (χ4v) is 2.77. The zero-order chi connectivity index (χ0) is 19.1. The SMILES string of the molecule is CC[C@@H](Cc1ccc(OC)c(CNC(=O)c2ccc(C)cc2)c1)C(=O)O. The summed E-state index contributed by atoms with van der Waals surface area (Å²) in [6, 6.07) is 13.0. The van der Waals surface area contributed by atoms with Gasteiger partial charge in [0, 0.05) is 17.7 Å². The van der Waals surface area contributed by atoms with Gasteiger partial charge in [-0.15, -0.1) is 0 Å². The summed E-state index contributed by atoms with van der Waals surface area (Å²) >= 11 is 0. The van der Waals surface area contributed by atoms with E-state index in [1.165, 1.54) is 0 Å². The lowest BCUT2D eigenvalue weighted by atomic mass is 9.95. The Morgan fingerprint density at radius 1 is 1.15 bits per heavy atom. The smallest absolute Gasteiger partial charge is 0.306 e. The second-order valence-corrected chi connectivity index (χ2v) is 6.34. The molecule has 0 saturated carbocycles. The molecular weight excluding hydrogens is 330 g/mol. The third kappa shape index (κ3) is 5.09. The molecule has 0 aliphatic rings. The van der Waals surface area contributed by atoms with E-state index < -0.39 is 11.9 Å². The third-order valence-electron chi connectivity index (χ3n) is 4.42. The van der Waals surface area contributed by atoms with Gasteiger partial charge < -0.3 is 15.2 Å². The molecule has 2 N–H and O–H groups in total. The molecule has 1 atom stereocenters. The van der Waals surface area contributed by atoms with Gasteiger partial charge in [0.05, 0.1) is 13.0 Å². The average molecular weight is 355 g/mol. The molecule has 0 spiro atoms. The van der Waals surface area contributed by atoms with Crippen LogP contribution in [0.5, 0.6) is 5.75 Å². The molecule has 0 unspecified atom stereocenters. The molecule has 0 heterocycles. The van der Waals surface area contributed by atoms with Gasteiger partial charge in [0.1, 0.15) is 5.75 Å². The molecule has 5 nitrogen and oxygen atoms in total. The van der Waals surface area contributed by atoms with Gasteiger partial charge in [-0.2, -0.15) is 0 Å². The molecule has 138 valence electrons. The molecule has 5 heteroatoms. The monoisotopic (exact) mass is 355 g/mol. The van der Waals surface area contributed by atoms with E-state index in [1.807, 2.05) is 44.2 Å². The Balaban J connectivity index is 2.11. The Kier molecular flexibility index (Phi) is 6.78. The molecule has 0 bridgehead atoms. The van der Waals surface area contributed by atoms with Crippen molar-refractivity contribution in [1.82, 2.24) is 5.32 Å². The molecule has 2 rings (SSSR count). The quantitative estimate of drug-likeness (QED) is 0.759. The number of ether oxygens (including phenoxy) is 1. The van der Waals surface area contributed by atoms with E-state index in [0.717, 1.165) is 16.7 Å². The van der Waals surface area contributed by atoms with E-state index in [4.69, 9.17) is 4.74 Å². The van der Waals surface area contributed by atoms with Crippen molar-refractivity contribution in [1.29, 1.82) is 0 Å². The van der Waals surface area contributed by atoms with Crippen LogP contribution in [0.4, 0.5) is 0 Å². The number of hydrogen-bond donors (Lipinski definition) is 2. The first kappa shape index (κ1) is 19.5. The van der Waals surface area contributed by atoms with Crippen LogP contribution in [0.15, 0.2) is 42.5 Å². The highest BCUT2D eigenvalue weighted by molar-refractivity contribution is 5.94. The summed E-state index contributed by atoms with van der Waals surface area (Å²) in [7, 11) is 1.58. The molecule has 0 radical (unpaired) electrons. The van der Waals surface area contributed by atoms with Crippen LogP contribution in [0.1, 0.15) is 40.4 Å². The number of amides is 1. The topological polar surface area (TPSA) is 75.6 Å². The Morgan fingerprint density at radius 3 is 2.42 bits per heavy atom. The third-order valence-corrected chi connectivity index (χ3v) is 4.42. The highest BCUT2D eigenvalue weighted by Gasteiger charge is 2.17. The van der Waals surface area contributed by atoms with Gasteiger partial charge in [-0.05, 0) is 43.5 Å². The maximum Gasteiger partial charge on any atom is 0.306 e. The van der Waals surface area contributed by atoms with E-state index in [0.29, 0.717) is 30.7 Å². The Morgan fingerprint density at radius 2 is 1.85 bits per heavy atom. The van der Waals surface area contributed by atoms with Crippen LogP contribution in [0, 0.1) is 12.8 Å². The zero-order valence-electron chi connectivity index (χ0n) is 15.4. The van der Waals surface area contributed by atoms with E-state index in [1.54, 1.807) is 19.2 Å². The summed E-state index contributed by atoms with van der Waals surface area (Å²) < 4.78 is 5.37. The molecule has 1 amide bonds. The summed E-state index contributed by atoms with van der Waals surface area (Å²) in [5.41, 5.74) is 3.44. The minimum Gasteiger partial charge on any atom is -0.496 e. The molecule has 26 heavy (non-hydrogen) atoms. The Labute approximate surface area is 154 Å². The second kappa shape index (κ2) is 9.04. The normalized spacial score (nSPS) is 11.7. The van der Waals surface area contributed by atoms with Crippen LogP contribution < -0.4 is 10.1 Å². The maximum atomic E-state index is 12.3. The van der Waals surface area contributed by atoms with Gasteiger partial charge in [-0.3, -0.25) is 9.59 Å². The largest absolute Gasteiger partial charge is 0.496 e. The summed E-state index contributed by atoms with van der Waals surface area (Å²) in [5, 5.41) is 12.1. The molecule has 0 saturated heterocycles. The zero-order valence-corrected chi connectivity index (χ0v) is 15.4. The van der Waals surface area contributed by atoms with Crippen LogP contribution in [0.3, 0.4) is 0 Å². The lowest BCUT2D eigenvalue weighted by Crippen LogP contribution is -2.23. The standard InChI is InChI=1S/C21H25NO4/c1-4-16(21(24)25)11-15-7-10-19(26-3)18(12-15)13-22-20(23)17-8-5-14(2)6-9-17/h5-10,12,16H,4,11,13H2,1-3H3,(H,22,23)(H,24,25)/t16-/m0/s1. The van der Waals surface area contributed by atoms with Crippen LogP contribution in [-0.2, 0) is 17.8 Å². The van der Waals surface area contributed by atoms with Crippen molar-refractivity contribution in [2.75, 3.05) is 7.11 Å². The average Bonchev–Trinajstić information content (AvgIpc) is 2.64. The molecule has 2 aromatic rings. The molecular formula is C21H25NO4. The molecule has 2 aromatic carbocycles. The fraction of sp³-hybridized carbons (Fsp3) is 0.333. The lowest BCUT2D eigenvalue weighted by molar-refractivity contribution is -0.141. The van der Waals surface area contributed by atoms with Gasteiger partial charge in [0.15, 0.2) is 0 Å². The number of aryl methyl sites for hydroxylation is 1. The summed E-state index contributed by atoms with van der Waals surface area (Å²) in [5.74, 6) is -0.702. The van der Waals surface area contributed by atoms with Crippen LogP contribution >= 0.6 is 0 Å². The summed E-state index contributed by atoms with van der Waals surface area (Å²) in [4.78, 5) is 23.6. The lowest BCUT2D eigenvalue weighted by Gasteiger charge is -2.14. The highest BCUT2D eigenvalue weighted by atomic mass is 16.5. The van der Waals surface area contributed by atoms with Crippen molar-refractivity contribution >= 4 is 11.9 Å². The summed E-state index contributed by atoms with van der Waals surface area (Å²) in [6.07, 6.45) is 1.02. The van der Waals surface area contributed by atoms with Gasteiger partial charge in [0.2, 0.25) is 0 Å². The first-order valence-electron chi connectivity index (χ1n) is 8.68. The predicted molar refractivity (Wildman–Crippen MR) is 100 cm³/mol. The number of methoxy groups -OCH3 is 1. The molecule has 0 aliphatic heterocycles. The van der Waals surface area contributed by atoms with Crippen molar-refractivity contribution < 1.29 is 19.4 Å². The number of hydrogen-bond acceptors (Lipinski definition) is 3. The first-order chi connectivity index (χ1) is 12.4. The van der Waals surface area contributed by atoms with Crippen LogP contribution in [0.25, 0.3) is 0 Å². The van der Waals surface area contributed by atoms with Crippen molar-refractivity contribution in [2.45, 2.75) is 33.2 Å². The van der Waals surface area contributed by atoms with E-state index >= 15 is 0 Å². The molecule has 0 aliphatic carbocycles. The van der Waals surface area contributed by atoms with Crippen LogP contribution in [0.2, 0.25) is 0 Å². The van der Waals surface area contributed by atoms with E-state index in [2.05, 4.69) is 5.32 Å². The molecule has 0 fully saturated rings. The van der Waals surface area contributed by atoms with E-state index in [9.17, 15) is 14.7 Å². The van der Waals surface area contributed by atoms with Gasteiger partial charge in [-0.25, -0.2) is 0 Å².